The van der Waals surface area contributed by atoms with Crippen LogP contribution in [0.15, 0.2) is 36.4 Å². The van der Waals surface area contributed by atoms with Crippen molar-refractivity contribution in [3.63, 3.8) is 0 Å². The van der Waals surface area contributed by atoms with Crippen LogP contribution in [0.25, 0.3) is 0 Å². The van der Waals surface area contributed by atoms with Crippen molar-refractivity contribution in [1.82, 2.24) is 0 Å². The van der Waals surface area contributed by atoms with Crippen molar-refractivity contribution in [3.8, 4) is 23.3 Å². The van der Waals surface area contributed by atoms with Crippen molar-refractivity contribution in [1.29, 1.82) is 5.26 Å². The first kappa shape index (κ1) is 18.1. The molecule has 0 saturated carbocycles. The summed E-state index contributed by atoms with van der Waals surface area (Å²) in [6.45, 7) is 2.15. The molecule has 0 unspecified atom stereocenters. The Labute approximate surface area is 146 Å². The molecule has 0 saturated heterocycles. The van der Waals surface area contributed by atoms with Crippen molar-refractivity contribution < 1.29 is 23.7 Å². The van der Waals surface area contributed by atoms with Crippen LogP contribution in [0.1, 0.15) is 21.5 Å². The van der Waals surface area contributed by atoms with Gasteiger partial charge in [-0.3, -0.25) is 0 Å². The smallest absolute Gasteiger partial charge is 0.338 e. The van der Waals surface area contributed by atoms with E-state index in [9.17, 15) is 4.79 Å². The largest absolute Gasteiger partial charge is 0.496 e. The molecule has 0 aliphatic heterocycles. The van der Waals surface area contributed by atoms with Crippen LogP contribution in [0.4, 0.5) is 0 Å². The minimum atomic E-state index is -0.486. The lowest BCUT2D eigenvalue weighted by atomic mass is 10.1. The fraction of sp³-hybridized carbons (Fsp3) is 0.263. The lowest BCUT2D eigenvalue weighted by Crippen LogP contribution is -2.13. The summed E-state index contributed by atoms with van der Waals surface area (Å²) < 4.78 is 21.2. The highest BCUT2D eigenvalue weighted by molar-refractivity contribution is 5.90. The Morgan fingerprint density at radius 1 is 1.04 bits per heavy atom. The molecule has 6 nitrogen and oxygen atoms in total. The summed E-state index contributed by atoms with van der Waals surface area (Å²) in [5.41, 5.74) is 1.71. The van der Waals surface area contributed by atoms with Gasteiger partial charge in [0.05, 0.1) is 31.4 Å². The van der Waals surface area contributed by atoms with E-state index >= 15 is 0 Å². The third-order valence-corrected chi connectivity index (χ3v) is 3.56. The number of nitrogens with zero attached hydrogens (tertiary/aromatic N) is 1. The predicted octanol–water partition coefficient (Wildman–Crippen LogP) is 3.12. The molecule has 2 aromatic rings. The van der Waals surface area contributed by atoms with E-state index in [0.29, 0.717) is 28.4 Å². The molecule has 6 heteroatoms. The van der Waals surface area contributed by atoms with E-state index in [1.54, 1.807) is 36.4 Å². The zero-order chi connectivity index (χ0) is 18.2. The van der Waals surface area contributed by atoms with E-state index in [1.165, 1.54) is 14.2 Å². The quantitative estimate of drug-likeness (QED) is 0.569. The number of hydrogen-bond acceptors (Lipinski definition) is 6. The number of rotatable bonds is 7. The van der Waals surface area contributed by atoms with Crippen LogP contribution in [0.3, 0.4) is 0 Å². The molecule has 0 fully saturated rings. The van der Waals surface area contributed by atoms with Gasteiger partial charge in [0, 0.05) is 5.56 Å². The molecular formula is C19H19NO5. The van der Waals surface area contributed by atoms with Gasteiger partial charge in [0.1, 0.15) is 30.5 Å². The van der Waals surface area contributed by atoms with Crippen molar-refractivity contribution in [2.24, 2.45) is 0 Å². The van der Waals surface area contributed by atoms with Crippen LogP contribution in [-0.2, 0) is 4.74 Å². The third kappa shape index (κ3) is 4.64. The summed E-state index contributed by atoms with van der Waals surface area (Å²) >= 11 is 0. The van der Waals surface area contributed by atoms with E-state index in [4.69, 9.17) is 24.2 Å². The van der Waals surface area contributed by atoms with Crippen LogP contribution in [0.2, 0.25) is 0 Å². The number of hydrogen-bond donors (Lipinski definition) is 0. The van der Waals surface area contributed by atoms with E-state index in [1.807, 2.05) is 13.0 Å². The number of nitriles is 1. The van der Waals surface area contributed by atoms with E-state index in [-0.39, 0.29) is 13.2 Å². The summed E-state index contributed by atoms with van der Waals surface area (Å²) in [7, 11) is 3.06. The number of carbonyl (C=O) groups is 1. The summed E-state index contributed by atoms with van der Waals surface area (Å²) in [6.07, 6.45) is 0. The molecule has 0 aromatic heterocycles. The molecule has 0 heterocycles. The van der Waals surface area contributed by atoms with Gasteiger partial charge < -0.3 is 18.9 Å². The maximum absolute atomic E-state index is 12.2. The average Bonchev–Trinajstić information content (AvgIpc) is 2.65. The van der Waals surface area contributed by atoms with Crippen LogP contribution in [0.5, 0.6) is 17.2 Å². The Kier molecular flexibility index (Phi) is 6.24. The average molecular weight is 341 g/mol. The van der Waals surface area contributed by atoms with Gasteiger partial charge in [0.25, 0.3) is 0 Å². The van der Waals surface area contributed by atoms with Gasteiger partial charge >= 0.3 is 5.97 Å². The SMILES string of the molecule is COc1cc(C(=O)OCCOc2ccc(C#N)cc2)cc(OC)c1C. The van der Waals surface area contributed by atoms with Crippen LogP contribution in [0, 0.1) is 18.3 Å². The lowest BCUT2D eigenvalue weighted by Gasteiger charge is -2.12. The summed E-state index contributed by atoms with van der Waals surface area (Å²) in [5.74, 6) is 1.23. The van der Waals surface area contributed by atoms with E-state index in [0.717, 1.165) is 5.56 Å². The Morgan fingerprint density at radius 2 is 1.64 bits per heavy atom. The highest BCUT2D eigenvalue weighted by atomic mass is 16.6. The second kappa shape index (κ2) is 8.60. The monoisotopic (exact) mass is 341 g/mol. The minimum absolute atomic E-state index is 0.0946. The molecule has 0 aliphatic rings. The number of esters is 1. The zero-order valence-electron chi connectivity index (χ0n) is 14.4. The second-order valence-corrected chi connectivity index (χ2v) is 5.13. The fourth-order valence-electron chi connectivity index (χ4n) is 2.21. The molecule has 0 radical (unpaired) electrons. The van der Waals surface area contributed by atoms with Gasteiger partial charge in [-0.05, 0) is 43.3 Å². The second-order valence-electron chi connectivity index (χ2n) is 5.13. The topological polar surface area (TPSA) is 77.8 Å². The number of benzene rings is 2. The Balaban J connectivity index is 1.90. The molecule has 0 N–H and O–H groups in total. The molecule has 2 rings (SSSR count). The van der Waals surface area contributed by atoms with Crippen LogP contribution in [-0.4, -0.2) is 33.4 Å². The van der Waals surface area contributed by atoms with Crippen molar-refractivity contribution in [3.05, 3.63) is 53.1 Å². The van der Waals surface area contributed by atoms with Gasteiger partial charge in [-0.1, -0.05) is 0 Å². The first-order valence-electron chi connectivity index (χ1n) is 7.61. The van der Waals surface area contributed by atoms with Gasteiger partial charge in [0.2, 0.25) is 0 Å². The maximum Gasteiger partial charge on any atom is 0.338 e. The Hall–Kier alpha value is -3.20. The van der Waals surface area contributed by atoms with E-state index in [2.05, 4.69) is 0 Å². The standard InChI is InChI=1S/C19H19NO5/c1-13-17(22-2)10-15(11-18(13)23-3)19(21)25-9-8-24-16-6-4-14(12-20)5-7-16/h4-7,10-11H,8-9H2,1-3H3. The highest BCUT2D eigenvalue weighted by Gasteiger charge is 2.14. The maximum atomic E-state index is 12.2. The molecule has 130 valence electrons. The molecule has 0 aliphatic carbocycles. The van der Waals surface area contributed by atoms with Crippen molar-refractivity contribution >= 4 is 5.97 Å². The molecule has 0 bridgehead atoms. The normalized spacial score (nSPS) is 9.84. The lowest BCUT2D eigenvalue weighted by molar-refractivity contribution is 0.0449. The zero-order valence-corrected chi connectivity index (χ0v) is 14.4. The fourth-order valence-corrected chi connectivity index (χ4v) is 2.21. The number of carbonyl (C=O) groups excluding carboxylic acids is 1. The predicted molar refractivity (Wildman–Crippen MR) is 91.2 cm³/mol. The van der Waals surface area contributed by atoms with E-state index < -0.39 is 5.97 Å². The molecule has 0 spiro atoms. The first-order valence-corrected chi connectivity index (χ1v) is 7.61. The molecule has 0 amide bonds. The molecular weight excluding hydrogens is 322 g/mol. The summed E-state index contributed by atoms with van der Waals surface area (Å²) in [4.78, 5) is 12.2. The first-order chi connectivity index (χ1) is 12.1. The minimum Gasteiger partial charge on any atom is -0.496 e. The van der Waals surface area contributed by atoms with Gasteiger partial charge in [-0.2, -0.15) is 5.26 Å². The van der Waals surface area contributed by atoms with Gasteiger partial charge in [-0.15, -0.1) is 0 Å². The highest BCUT2D eigenvalue weighted by Crippen LogP contribution is 2.29. The van der Waals surface area contributed by atoms with Crippen LogP contribution >= 0.6 is 0 Å². The van der Waals surface area contributed by atoms with Crippen molar-refractivity contribution in [2.75, 3.05) is 27.4 Å². The van der Waals surface area contributed by atoms with Gasteiger partial charge in [0.15, 0.2) is 0 Å². The molecule has 25 heavy (non-hydrogen) atoms. The summed E-state index contributed by atoms with van der Waals surface area (Å²) in [6, 6.07) is 12.0. The Morgan fingerprint density at radius 3 is 2.16 bits per heavy atom. The van der Waals surface area contributed by atoms with Gasteiger partial charge in [-0.25, -0.2) is 4.79 Å². The van der Waals surface area contributed by atoms with Crippen molar-refractivity contribution in [2.45, 2.75) is 6.92 Å². The number of ether oxygens (including phenoxy) is 4. The number of methoxy groups -OCH3 is 2. The Bertz CT molecular complexity index is 752. The van der Waals surface area contributed by atoms with Crippen LogP contribution < -0.4 is 14.2 Å². The third-order valence-electron chi connectivity index (χ3n) is 3.56. The molecule has 2 aromatic carbocycles. The summed E-state index contributed by atoms with van der Waals surface area (Å²) in [5, 5.41) is 8.74. The molecule has 0 atom stereocenters.